The van der Waals surface area contributed by atoms with Gasteiger partial charge in [-0.25, -0.2) is 0 Å². The van der Waals surface area contributed by atoms with Crippen LogP contribution >= 0.6 is 83.7 Å². The molecule has 200 valence electrons. The molecule has 9 heteroatoms. The molecule has 36 heavy (non-hydrogen) atoms. The lowest BCUT2D eigenvalue weighted by Crippen LogP contribution is -2.53. The van der Waals surface area contributed by atoms with Crippen molar-refractivity contribution >= 4 is 98.7 Å². The van der Waals surface area contributed by atoms with Crippen molar-refractivity contribution in [3.05, 3.63) is 22.0 Å². The molecule has 2 unspecified atom stereocenters. The lowest BCUT2D eigenvalue weighted by molar-refractivity contribution is 0.192. The van der Waals surface area contributed by atoms with Gasteiger partial charge in [-0.1, -0.05) is 36.7 Å². The second-order valence-corrected chi connectivity index (χ2v) is 17.3. The Morgan fingerprint density at radius 3 is 2.17 bits per heavy atom. The molecule has 2 nitrogen and oxygen atoms in total. The van der Waals surface area contributed by atoms with Gasteiger partial charge in [0.2, 0.25) is 0 Å². The minimum atomic E-state index is -0.0149. The first-order valence-electron chi connectivity index (χ1n) is 13.1. The van der Waals surface area contributed by atoms with E-state index in [9.17, 15) is 0 Å². The van der Waals surface area contributed by atoms with Gasteiger partial charge in [0.25, 0.3) is 0 Å². The lowest BCUT2D eigenvalue weighted by Gasteiger charge is -2.44. The number of hydrogen-bond acceptors (Lipinski definition) is 7. The standard InChI is InChI=1S/C27H40N2S7/c1-26(2,28-18-19-6-12-35-21(19)16-23(28)30)8-14-33-10-5-11-34-15-9-27(3,4)29-24(31)17-22-20(25(29)32)7-13-36-22/h16-17,19-20H,5-15,18H2,1-4H3. The van der Waals surface area contributed by atoms with Crippen LogP contribution < -0.4 is 0 Å². The van der Waals surface area contributed by atoms with Crippen LogP contribution in [0, 0.1) is 11.8 Å². The molecule has 4 heterocycles. The number of hydrogen-bond donors (Lipinski definition) is 0. The summed E-state index contributed by atoms with van der Waals surface area (Å²) in [6.07, 6.45) is 10.5. The van der Waals surface area contributed by atoms with Crippen LogP contribution in [0.2, 0.25) is 0 Å². The van der Waals surface area contributed by atoms with Crippen molar-refractivity contribution in [3.63, 3.8) is 0 Å². The van der Waals surface area contributed by atoms with E-state index in [1.807, 2.05) is 23.5 Å². The zero-order valence-electron chi connectivity index (χ0n) is 22.0. The molecule has 0 bridgehead atoms. The molecule has 2 atom stereocenters. The van der Waals surface area contributed by atoms with Crippen molar-refractivity contribution in [1.29, 1.82) is 0 Å². The van der Waals surface area contributed by atoms with Crippen LogP contribution in [0.25, 0.3) is 0 Å². The molecule has 0 aromatic heterocycles. The van der Waals surface area contributed by atoms with E-state index in [0.29, 0.717) is 11.8 Å². The molecule has 4 aliphatic rings. The maximum Gasteiger partial charge on any atom is 0.108 e. The molecule has 0 radical (unpaired) electrons. The Morgan fingerprint density at radius 1 is 0.833 bits per heavy atom. The van der Waals surface area contributed by atoms with E-state index < -0.39 is 0 Å². The van der Waals surface area contributed by atoms with Crippen molar-refractivity contribution < 1.29 is 0 Å². The molecule has 0 aliphatic carbocycles. The minimum absolute atomic E-state index is 0.0149. The number of thiocarbonyl (C=S) groups is 3. The number of thioether (sulfide) groups is 4. The molecule has 2 fully saturated rings. The fourth-order valence-electron chi connectivity index (χ4n) is 5.31. The first kappa shape index (κ1) is 29.7. The van der Waals surface area contributed by atoms with Crippen molar-refractivity contribution in [1.82, 2.24) is 9.80 Å². The predicted octanol–water partition coefficient (Wildman–Crippen LogP) is 8.07. The first-order chi connectivity index (χ1) is 17.1. The highest BCUT2D eigenvalue weighted by atomic mass is 32.2. The van der Waals surface area contributed by atoms with E-state index in [1.54, 1.807) is 0 Å². The van der Waals surface area contributed by atoms with Gasteiger partial charge < -0.3 is 9.80 Å². The highest BCUT2D eigenvalue weighted by Crippen LogP contribution is 2.43. The van der Waals surface area contributed by atoms with Crippen LogP contribution in [0.1, 0.15) is 59.8 Å². The van der Waals surface area contributed by atoms with Crippen LogP contribution in [0.15, 0.2) is 22.0 Å². The Hall–Kier alpha value is 0.750. The van der Waals surface area contributed by atoms with E-state index in [1.165, 1.54) is 57.8 Å². The van der Waals surface area contributed by atoms with Gasteiger partial charge in [0, 0.05) is 29.5 Å². The van der Waals surface area contributed by atoms with Gasteiger partial charge in [0.15, 0.2) is 0 Å². The van der Waals surface area contributed by atoms with E-state index in [-0.39, 0.29) is 11.1 Å². The quantitative estimate of drug-likeness (QED) is 0.157. The number of rotatable bonds is 12. The summed E-state index contributed by atoms with van der Waals surface area (Å²) < 4.78 is 0. The molecule has 4 aliphatic heterocycles. The second-order valence-electron chi connectivity index (χ2n) is 11.3. The fourth-order valence-corrected chi connectivity index (χ4v) is 12.1. The molecule has 4 rings (SSSR count). The molecule has 0 aromatic carbocycles. The van der Waals surface area contributed by atoms with Crippen molar-refractivity contribution in [2.45, 2.75) is 70.9 Å². The SMILES string of the molecule is CC(C)(CCSCCCSCCC(C)(C)N1C(=S)C=C2SCCC2C1=S)N1CC2CCSC2=CC1=S. The van der Waals surface area contributed by atoms with Crippen LogP contribution in [-0.4, -0.2) is 76.9 Å². The molecular weight excluding hydrogens is 577 g/mol. The van der Waals surface area contributed by atoms with Crippen LogP contribution in [0.5, 0.6) is 0 Å². The monoisotopic (exact) mass is 616 g/mol. The summed E-state index contributed by atoms with van der Waals surface area (Å²) >= 11 is 25.6. The van der Waals surface area contributed by atoms with Crippen molar-refractivity contribution in [3.8, 4) is 0 Å². The highest BCUT2D eigenvalue weighted by Gasteiger charge is 2.40. The van der Waals surface area contributed by atoms with Gasteiger partial charge in [-0.15, -0.1) is 23.5 Å². The Kier molecular flexibility index (Phi) is 10.7. The molecule has 0 saturated carbocycles. The molecule has 0 aromatic rings. The van der Waals surface area contributed by atoms with E-state index in [2.05, 4.69) is 73.2 Å². The third-order valence-corrected chi connectivity index (χ3v) is 13.4. The van der Waals surface area contributed by atoms with Gasteiger partial charge in [-0.05, 0) is 116 Å². The molecule has 0 amide bonds. The van der Waals surface area contributed by atoms with Gasteiger partial charge in [0.1, 0.15) is 9.98 Å². The number of nitrogens with zero attached hydrogens (tertiary/aromatic N) is 2. The van der Waals surface area contributed by atoms with E-state index >= 15 is 0 Å². The predicted molar refractivity (Wildman–Crippen MR) is 180 cm³/mol. The summed E-state index contributed by atoms with van der Waals surface area (Å²) in [6.45, 7) is 10.5. The van der Waals surface area contributed by atoms with Crippen molar-refractivity contribution in [2.24, 2.45) is 11.8 Å². The fraction of sp³-hybridized carbons (Fsp3) is 0.741. The van der Waals surface area contributed by atoms with Crippen LogP contribution in [0.3, 0.4) is 0 Å². The second kappa shape index (κ2) is 12.9. The van der Waals surface area contributed by atoms with E-state index in [4.69, 9.17) is 36.7 Å². The van der Waals surface area contributed by atoms with Gasteiger partial charge in [0.05, 0.1) is 4.99 Å². The third-order valence-electron chi connectivity index (χ3n) is 7.73. The van der Waals surface area contributed by atoms with Gasteiger partial charge in [-0.3, -0.25) is 0 Å². The molecule has 0 spiro atoms. The Bertz CT molecular complexity index is 923. The third kappa shape index (κ3) is 7.08. The molecule has 2 saturated heterocycles. The number of fused-ring (bicyclic) bond motifs is 2. The zero-order valence-corrected chi connectivity index (χ0v) is 27.8. The van der Waals surface area contributed by atoms with Crippen LogP contribution in [0.4, 0.5) is 0 Å². The minimum Gasteiger partial charge on any atom is -0.357 e. The first-order valence-corrected chi connectivity index (χ1v) is 18.6. The van der Waals surface area contributed by atoms with Gasteiger partial charge in [-0.2, -0.15) is 23.5 Å². The Labute approximate surface area is 252 Å². The average Bonchev–Trinajstić information content (AvgIpc) is 3.46. The topological polar surface area (TPSA) is 6.48 Å². The summed E-state index contributed by atoms with van der Waals surface area (Å²) in [5, 5.41) is 0. The normalized spacial score (nSPS) is 24.7. The average molecular weight is 617 g/mol. The lowest BCUT2D eigenvalue weighted by atomic mass is 9.93. The Morgan fingerprint density at radius 2 is 1.44 bits per heavy atom. The maximum atomic E-state index is 5.91. The van der Waals surface area contributed by atoms with E-state index in [0.717, 1.165) is 40.1 Å². The highest BCUT2D eigenvalue weighted by molar-refractivity contribution is 8.03. The maximum absolute atomic E-state index is 5.91. The molecular formula is C27H40N2S7. The summed E-state index contributed by atoms with van der Waals surface area (Å²) in [7, 11) is 0. The van der Waals surface area contributed by atoms with Crippen molar-refractivity contribution in [2.75, 3.05) is 41.1 Å². The largest absolute Gasteiger partial charge is 0.357 e. The summed E-state index contributed by atoms with van der Waals surface area (Å²) in [4.78, 5) is 10.7. The summed E-state index contributed by atoms with van der Waals surface area (Å²) in [6, 6.07) is 0. The van der Waals surface area contributed by atoms with Gasteiger partial charge >= 0.3 is 0 Å². The smallest absolute Gasteiger partial charge is 0.108 e. The molecule has 0 N–H and O–H groups in total. The summed E-state index contributed by atoms with van der Waals surface area (Å²) in [5.41, 5.74) is 0.126. The Balaban J connectivity index is 1.10. The summed E-state index contributed by atoms with van der Waals surface area (Å²) in [5.74, 6) is 8.40. The van der Waals surface area contributed by atoms with Crippen LogP contribution in [-0.2, 0) is 0 Å². The zero-order chi connectivity index (χ0) is 25.9.